The van der Waals surface area contributed by atoms with Crippen molar-refractivity contribution >= 4 is 47.9 Å². The number of anilines is 5. The molecule has 171 valence electrons. The zero-order valence-corrected chi connectivity index (χ0v) is 19.7. The maximum absolute atomic E-state index is 12.9. The van der Waals surface area contributed by atoms with E-state index in [0.29, 0.717) is 22.9 Å². The van der Waals surface area contributed by atoms with Crippen LogP contribution in [0.5, 0.6) is 0 Å². The van der Waals surface area contributed by atoms with Gasteiger partial charge in [-0.25, -0.2) is 0 Å². The number of benzene rings is 2. The number of piperazine rings is 1. The number of para-hydroxylation sites is 1. The molecule has 0 spiro atoms. The van der Waals surface area contributed by atoms with Crippen LogP contribution in [0, 0.1) is 13.8 Å². The molecule has 3 aromatic rings. The van der Waals surface area contributed by atoms with Crippen molar-refractivity contribution in [3.8, 4) is 0 Å². The zero-order valence-electron chi connectivity index (χ0n) is 19.7. The van der Waals surface area contributed by atoms with Crippen molar-refractivity contribution in [2.45, 2.75) is 13.8 Å². The van der Waals surface area contributed by atoms with E-state index in [9.17, 15) is 4.79 Å². The van der Waals surface area contributed by atoms with E-state index in [2.05, 4.69) is 56.5 Å². The second-order valence-corrected chi connectivity index (χ2v) is 8.81. The molecule has 0 bridgehead atoms. The van der Waals surface area contributed by atoms with E-state index in [-0.39, 0.29) is 6.03 Å². The first-order chi connectivity index (χ1) is 16.4. The third-order valence-corrected chi connectivity index (χ3v) is 6.39. The molecule has 2 aliphatic rings. The van der Waals surface area contributed by atoms with Gasteiger partial charge < -0.3 is 4.90 Å². The van der Waals surface area contributed by atoms with Gasteiger partial charge in [-0.1, -0.05) is 0 Å². The second kappa shape index (κ2) is 8.91. The van der Waals surface area contributed by atoms with Crippen LogP contribution in [0.2, 0.25) is 0 Å². The molecule has 0 atom stereocenters. The Hall–Kier alpha value is -3.72. The fourth-order valence-corrected chi connectivity index (χ4v) is 4.43. The van der Waals surface area contributed by atoms with Crippen molar-refractivity contribution in [2.24, 2.45) is 0 Å². The molecule has 9 heteroatoms. The van der Waals surface area contributed by atoms with E-state index in [1.807, 2.05) is 37.3 Å². The van der Waals surface area contributed by atoms with Gasteiger partial charge in [-0.15, -0.1) is 0 Å². The molecule has 2 aromatic carbocycles. The normalized spacial score (nSPS) is 16.3. The average Bonchev–Trinajstić information content (AvgIpc) is 2.81. The molecule has 3 heterocycles. The summed E-state index contributed by atoms with van der Waals surface area (Å²) in [5.41, 5.74) is 5.86. The van der Waals surface area contributed by atoms with Gasteiger partial charge in [0.25, 0.3) is 0 Å². The average molecular weight is 452 g/mol. The number of carbonyl (C=O) groups excluding carboxylic acids is 1. The first-order valence-electron chi connectivity index (χ1n) is 11.4. The first-order valence-corrected chi connectivity index (χ1v) is 11.4. The van der Waals surface area contributed by atoms with Crippen LogP contribution in [-0.4, -0.2) is 67.2 Å². The van der Waals surface area contributed by atoms with Gasteiger partial charge in [0.15, 0.2) is 0 Å². The van der Waals surface area contributed by atoms with Gasteiger partial charge in [0, 0.05) is 13.1 Å². The number of fused-ring (bicyclic) bond motifs is 1. The molecule has 5 rings (SSSR count). The fourth-order valence-electron chi connectivity index (χ4n) is 4.43. The van der Waals surface area contributed by atoms with Crippen LogP contribution in [0.4, 0.5) is 33.6 Å². The van der Waals surface area contributed by atoms with E-state index in [1.54, 1.807) is 6.20 Å². The Kier molecular flexibility index (Phi) is 5.79. The standard InChI is InChI=1S/C25H27BN7O/c1-16-6-4-5-7-21(16)33-22(26)19-15-27-24(29-23(19)30-25(33)34)28-18-8-9-20(17(2)14-18)32-12-10-31(3)11-13-32/h4-9,14-15H,10-13H2,1-3H3,(H2,27,28,29,30,34). The van der Waals surface area contributed by atoms with Crippen LogP contribution in [0.25, 0.3) is 0 Å². The number of aromatic nitrogens is 2. The van der Waals surface area contributed by atoms with Crippen molar-refractivity contribution in [1.82, 2.24) is 14.9 Å². The third-order valence-electron chi connectivity index (χ3n) is 6.39. The van der Waals surface area contributed by atoms with Crippen LogP contribution >= 0.6 is 0 Å². The minimum atomic E-state index is -0.351. The van der Waals surface area contributed by atoms with Crippen molar-refractivity contribution in [1.29, 1.82) is 0 Å². The predicted molar refractivity (Wildman–Crippen MR) is 139 cm³/mol. The molecule has 2 N–H and O–H groups in total. The Labute approximate surface area is 200 Å². The molecule has 1 radical (unpaired) electrons. The zero-order chi connectivity index (χ0) is 23.8. The molecule has 0 aliphatic carbocycles. The summed E-state index contributed by atoms with van der Waals surface area (Å²) in [6.45, 7) is 8.23. The van der Waals surface area contributed by atoms with Crippen molar-refractivity contribution < 1.29 is 4.79 Å². The number of aryl methyl sites for hydroxylation is 2. The summed E-state index contributed by atoms with van der Waals surface area (Å²) in [6, 6.07) is 13.5. The topological polar surface area (TPSA) is 76.6 Å². The second-order valence-electron chi connectivity index (χ2n) is 8.81. The van der Waals surface area contributed by atoms with Crippen molar-refractivity contribution in [2.75, 3.05) is 53.7 Å². The summed E-state index contributed by atoms with van der Waals surface area (Å²) < 4.78 is 0. The van der Waals surface area contributed by atoms with Gasteiger partial charge in [-0.05, 0) is 7.05 Å². The molecular weight excluding hydrogens is 425 g/mol. The number of rotatable bonds is 4. The molecule has 1 aromatic heterocycles. The minimum absolute atomic E-state index is 0.298. The summed E-state index contributed by atoms with van der Waals surface area (Å²) in [5.74, 6) is 0.776. The molecule has 2 amide bonds. The number of likely N-dealkylation sites (N-methyl/N-ethyl adjacent to an activating group) is 1. The summed E-state index contributed by atoms with van der Waals surface area (Å²) in [7, 11) is 8.53. The van der Waals surface area contributed by atoms with Crippen LogP contribution < -0.4 is 20.4 Å². The quantitative estimate of drug-likeness (QED) is 0.592. The Balaban J connectivity index is 1.35. The molecule has 0 unspecified atom stereocenters. The van der Waals surface area contributed by atoms with Crippen LogP contribution in [0.15, 0.2) is 48.7 Å². The third kappa shape index (κ3) is 4.14. The Bertz CT molecular complexity index is 1270. The number of amides is 2. The summed E-state index contributed by atoms with van der Waals surface area (Å²) in [4.78, 5) is 28.0. The molecule has 8 nitrogen and oxygen atoms in total. The van der Waals surface area contributed by atoms with Gasteiger partial charge >= 0.3 is 175 Å². The van der Waals surface area contributed by atoms with Gasteiger partial charge in [-0.3, -0.25) is 0 Å². The number of urea groups is 1. The monoisotopic (exact) mass is 452 g/mol. The predicted octanol–water partition coefficient (Wildman–Crippen LogP) is 3.29. The van der Waals surface area contributed by atoms with Gasteiger partial charge in [0.2, 0.25) is 0 Å². The van der Waals surface area contributed by atoms with Gasteiger partial charge in [-0.2, -0.15) is 0 Å². The fraction of sp³-hybridized carbons (Fsp3) is 0.280. The van der Waals surface area contributed by atoms with E-state index in [0.717, 1.165) is 43.1 Å². The summed E-state index contributed by atoms with van der Waals surface area (Å²) >= 11 is 0. The van der Waals surface area contributed by atoms with Crippen molar-refractivity contribution in [3.05, 3.63) is 65.4 Å². The number of nitrogens with one attached hydrogen (secondary N) is 2. The van der Waals surface area contributed by atoms with Crippen LogP contribution in [0.1, 0.15) is 16.7 Å². The maximum atomic E-state index is 12.9. The van der Waals surface area contributed by atoms with E-state index < -0.39 is 0 Å². The Morgan fingerprint density at radius 2 is 1.76 bits per heavy atom. The number of hydrogen-bond donors (Lipinski definition) is 2. The Morgan fingerprint density at radius 1 is 1.00 bits per heavy atom. The summed E-state index contributed by atoms with van der Waals surface area (Å²) in [6.07, 6.45) is 1.64. The van der Waals surface area contributed by atoms with E-state index >= 15 is 0 Å². The molecular formula is C25H27BN7O. The Morgan fingerprint density at radius 3 is 2.50 bits per heavy atom. The molecule has 34 heavy (non-hydrogen) atoms. The number of hydrogen-bond acceptors (Lipinski definition) is 6. The molecule has 1 fully saturated rings. The van der Waals surface area contributed by atoms with Gasteiger partial charge in [0.05, 0.1) is 0 Å². The molecule has 1 saturated heterocycles. The first kappa shape index (κ1) is 22.1. The van der Waals surface area contributed by atoms with E-state index in [1.165, 1.54) is 16.2 Å². The van der Waals surface area contributed by atoms with Crippen LogP contribution in [0.3, 0.4) is 0 Å². The SMILES string of the molecule is [B]=C1c2cnc(Nc3ccc(N4CCN(C)CC4)c(C)c3)nc2NC(=O)N1c1ccccc1C. The number of carbonyl (C=O) groups is 1. The molecule has 2 aliphatic heterocycles. The van der Waals surface area contributed by atoms with Gasteiger partial charge in [0.1, 0.15) is 0 Å². The van der Waals surface area contributed by atoms with Crippen LogP contribution in [-0.2, 0) is 0 Å². The summed E-state index contributed by atoms with van der Waals surface area (Å²) in [5, 5.41) is 6.09. The van der Waals surface area contributed by atoms with E-state index in [4.69, 9.17) is 7.49 Å². The molecule has 0 saturated carbocycles. The van der Waals surface area contributed by atoms with Crippen molar-refractivity contribution in [3.63, 3.8) is 0 Å². The number of nitrogens with zero attached hydrogens (tertiary/aromatic N) is 5.